The predicted octanol–water partition coefficient (Wildman–Crippen LogP) is 2.96. The molecular formula is C9H7BrN2OS. The molecule has 0 aliphatic rings. The molecule has 0 amide bonds. The Hall–Kier alpha value is -0.810. The molecule has 0 N–H and O–H groups in total. The van der Waals surface area contributed by atoms with Crippen LogP contribution in [0.2, 0.25) is 0 Å². The molecule has 0 bridgehead atoms. The second-order valence-corrected chi connectivity index (χ2v) is 4.75. The van der Waals surface area contributed by atoms with Crippen LogP contribution in [-0.2, 0) is 0 Å². The van der Waals surface area contributed by atoms with E-state index in [-0.39, 0.29) is 5.78 Å². The predicted molar refractivity (Wildman–Crippen MR) is 59.9 cm³/mol. The normalized spacial score (nSPS) is 10.8. The molecular weight excluding hydrogens is 264 g/mol. The lowest BCUT2D eigenvalue weighted by molar-refractivity contribution is 0.102. The van der Waals surface area contributed by atoms with E-state index < -0.39 is 0 Å². The number of Topliss-reactive ketones (excluding diaryl/α,β-unsaturated/α-hetero) is 1. The van der Waals surface area contributed by atoms with Crippen LogP contribution in [0.1, 0.15) is 22.4 Å². The van der Waals surface area contributed by atoms with Crippen molar-refractivity contribution in [3.05, 3.63) is 21.4 Å². The van der Waals surface area contributed by atoms with Crippen molar-refractivity contribution in [2.24, 2.45) is 0 Å². The van der Waals surface area contributed by atoms with Crippen LogP contribution in [0.15, 0.2) is 10.7 Å². The van der Waals surface area contributed by atoms with Crippen LogP contribution in [0.3, 0.4) is 0 Å². The van der Waals surface area contributed by atoms with E-state index in [1.54, 1.807) is 6.92 Å². The molecule has 14 heavy (non-hydrogen) atoms. The first kappa shape index (κ1) is 9.73. The molecule has 2 aromatic heterocycles. The molecule has 0 fully saturated rings. The summed E-state index contributed by atoms with van der Waals surface area (Å²) in [5, 5.41) is 0. The summed E-state index contributed by atoms with van der Waals surface area (Å²) >= 11 is 4.78. The lowest BCUT2D eigenvalue weighted by Crippen LogP contribution is -1.86. The van der Waals surface area contributed by atoms with E-state index in [0.717, 1.165) is 19.7 Å². The zero-order chi connectivity index (χ0) is 10.3. The van der Waals surface area contributed by atoms with Gasteiger partial charge in [-0.1, -0.05) is 0 Å². The number of hydrogen-bond donors (Lipinski definition) is 0. The molecule has 0 aliphatic heterocycles. The number of carbonyl (C=O) groups excluding carboxylic acids is 1. The summed E-state index contributed by atoms with van der Waals surface area (Å²) < 4.78 is 1.69. The van der Waals surface area contributed by atoms with Gasteiger partial charge in [-0.3, -0.25) is 4.79 Å². The molecule has 2 aromatic rings. The Morgan fingerprint density at radius 2 is 2.21 bits per heavy atom. The molecule has 72 valence electrons. The maximum absolute atomic E-state index is 11.2. The molecule has 0 aliphatic carbocycles. The van der Waals surface area contributed by atoms with Gasteiger partial charge in [0, 0.05) is 0 Å². The molecule has 0 saturated carbocycles. The van der Waals surface area contributed by atoms with Crippen molar-refractivity contribution in [3.8, 4) is 0 Å². The van der Waals surface area contributed by atoms with Gasteiger partial charge in [-0.05, 0) is 35.8 Å². The summed E-state index contributed by atoms with van der Waals surface area (Å²) in [6.07, 6.45) is 0. The molecule has 0 spiro atoms. The average Bonchev–Trinajstić information content (AvgIpc) is 2.47. The van der Waals surface area contributed by atoms with Gasteiger partial charge < -0.3 is 0 Å². The van der Waals surface area contributed by atoms with E-state index >= 15 is 0 Å². The van der Waals surface area contributed by atoms with Gasteiger partial charge in [0.2, 0.25) is 0 Å². The Morgan fingerprint density at radius 3 is 2.86 bits per heavy atom. The van der Waals surface area contributed by atoms with E-state index in [2.05, 4.69) is 25.9 Å². The van der Waals surface area contributed by atoms with Gasteiger partial charge in [-0.2, -0.15) is 0 Å². The molecule has 5 heteroatoms. The summed E-state index contributed by atoms with van der Waals surface area (Å²) in [4.78, 5) is 20.3. The van der Waals surface area contributed by atoms with Crippen molar-refractivity contribution >= 4 is 43.3 Å². The highest BCUT2D eigenvalue weighted by atomic mass is 79.9. The van der Waals surface area contributed by atoms with Gasteiger partial charge in [-0.25, -0.2) is 9.97 Å². The average molecular weight is 271 g/mol. The number of halogens is 1. The van der Waals surface area contributed by atoms with Crippen LogP contribution in [0, 0.1) is 6.92 Å². The van der Waals surface area contributed by atoms with Gasteiger partial charge >= 0.3 is 0 Å². The standard InChI is InChI=1S/C9H7BrN2OS/c1-4(13)7-3-6-8(14-7)9(10)12-5(2)11-6/h3H,1-2H3. The number of ketones is 1. The van der Waals surface area contributed by atoms with Crippen molar-refractivity contribution in [1.82, 2.24) is 9.97 Å². The quantitative estimate of drug-likeness (QED) is 0.591. The maximum Gasteiger partial charge on any atom is 0.169 e. The molecule has 3 nitrogen and oxygen atoms in total. The Balaban J connectivity index is 2.76. The summed E-state index contributed by atoms with van der Waals surface area (Å²) in [6, 6.07) is 1.81. The largest absolute Gasteiger partial charge is 0.294 e. The highest BCUT2D eigenvalue weighted by molar-refractivity contribution is 9.10. The molecule has 0 radical (unpaired) electrons. The lowest BCUT2D eigenvalue weighted by Gasteiger charge is -1.93. The number of carbonyl (C=O) groups is 1. The second-order valence-electron chi connectivity index (χ2n) is 2.94. The third-order valence-corrected chi connectivity index (χ3v) is 3.86. The van der Waals surface area contributed by atoms with Gasteiger partial charge in [0.25, 0.3) is 0 Å². The van der Waals surface area contributed by atoms with Gasteiger partial charge in [0.1, 0.15) is 10.4 Å². The van der Waals surface area contributed by atoms with Gasteiger partial charge in [0.05, 0.1) is 15.1 Å². The summed E-state index contributed by atoms with van der Waals surface area (Å²) in [7, 11) is 0. The number of thiophene rings is 1. The van der Waals surface area contributed by atoms with E-state index in [1.165, 1.54) is 11.3 Å². The minimum Gasteiger partial charge on any atom is -0.294 e. The van der Waals surface area contributed by atoms with Crippen LogP contribution < -0.4 is 0 Å². The Kier molecular flexibility index (Phi) is 2.36. The van der Waals surface area contributed by atoms with Crippen LogP contribution in [0.25, 0.3) is 10.2 Å². The second kappa shape index (κ2) is 3.40. The number of aromatic nitrogens is 2. The highest BCUT2D eigenvalue weighted by Gasteiger charge is 2.10. The highest BCUT2D eigenvalue weighted by Crippen LogP contribution is 2.29. The van der Waals surface area contributed by atoms with Crippen LogP contribution in [-0.4, -0.2) is 15.8 Å². The maximum atomic E-state index is 11.2. The number of aryl methyl sites for hydroxylation is 1. The number of nitrogens with zero attached hydrogens (tertiary/aromatic N) is 2. The zero-order valence-corrected chi connectivity index (χ0v) is 10.1. The number of hydrogen-bond acceptors (Lipinski definition) is 4. The first-order chi connectivity index (χ1) is 6.58. The van der Waals surface area contributed by atoms with Gasteiger partial charge in [-0.15, -0.1) is 11.3 Å². The number of fused-ring (bicyclic) bond motifs is 1. The third-order valence-electron chi connectivity index (χ3n) is 1.79. The zero-order valence-electron chi connectivity index (χ0n) is 7.67. The van der Waals surface area contributed by atoms with Crippen LogP contribution in [0.5, 0.6) is 0 Å². The summed E-state index contributed by atoms with van der Waals surface area (Å²) in [5.41, 5.74) is 0.833. The molecule has 2 heterocycles. The monoisotopic (exact) mass is 270 g/mol. The van der Waals surface area contributed by atoms with Gasteiger partial charge in [0.15, 0.2) is 5.78 Å². The Labute approximate surface area is 93.3 Å². The van der Waals surface area contributed by atoms with Crippen molar-refractivity contribution in [2.75, 3.05) is 0 Å². The molecule has 0 aromatic carbocycles. The summed E-state index contributed by atoms with van der Waals surface area (Å²) in [5.74, 6) is 0.773. The van der Waals surface area contributed by atoms with Crippen molar-refractivity contribution < 1.29 is 4.79 Å². The lowest BCUT2D eigenvalue weighted by atomic mass is 10.3. The van der Waals surface area contributed by atoms with E-state index in [9.17, 15) is 4.79 Å². The molecule has 0 unspecified atom stereocenters. The SMILES string of the molecule is CC(=O)c1cc2nc(C)nc(Br)c2s1. The summed E-state index contributed by atoms with van der Waals surface area (Å²) in [6.45, 7) is 3.38. The van der Waals surface area contributed by atoms with Crippen LogP contribution >= 0.6 is 27.3 Å². The minimum absolute atomic E-state index is 0.0672. The van der Waals surface area contributed by atoms with Crippen LogP contribution in [0.4, 0.5) is 0 Å². The minimum atomic E-state index is 0.0672. The topological polar surface area (TPSA) is 42.9 Å². The molecule has 0 saturated heterocycles. The fourth-order valence-electron chi connectivity index (χ4n) is 1.18. The van der Waals surface area contributed by atoms with Crippen molar-refractivity contribution in [2.45, 2.75) is 13.8 Å². The van der Waals surface area contributed by atoms with Crippen molar-refractivity contribution in [1.29, 1.82) is 0 Å². The smallest absolute Gasteiger partial charge is 0.169 e. The fraction of sp³-hybridized carbons (Fsp3) is 0.222. The molecule has 0 atom stereocenters. The van der Waals surface area contributed by atoms with Crippen molar-refractivity contribution in [3.63, 3.8) is 0 Å². The number of rotatable bonds is 1. The third kappa shape index (κ3) is 1.57. The van der Waals surface area contributed by atoms with E-state index in [0.29, 0.717) is 5.82 Å². The van der Waals surface area contributed by atoms with E-state index in [1.807, 2.05) is 13.0 Å². The molecule has 2 rings (SSSR count). The first-order valence-electron chi connectivity index (χ1n) is 4.02. The van der Waals surface area contributed by atoms with E-state index in [4.69, 9.17) is 0 Å². The fourth-order valence-corrected chi connectivity index (χ4v) is 2.75. The Bertz CT molecular complexity index is 521. The first-order valence-corrected chi connectivity index (χ1v) is 5.63. The Morgan fingerprint density at radius 1 is 1.50 bits per heavy atom.